The third-order valence-corrected chi connectivity index (χ3v) is 8.36. The van der Waals surface area contributed by atoms with Gasteiger partial charge < -0.3 is 10.0 Å². The summed E-state index contributed by atoms with van der Waals surface area (Å²) < 4.78 is 95.3. The first-order chi connectivity index (χ1) is 21.9. The van der Waals surface area contributed by atoms with Gasteiger partial charge in [-0.1, -0.05) is 65.1 Å². The van der Waals surface area contributed by atoms with Crippen LogP contribution in [-0.4, -0.2) is 61.1 Å². The van der Waals surface area contributed by atoms with E-state index in [0.29, 0.717) is 18.4 Å². The summed E-state index contributed by atoms with van der Waals surface area (Å²) in [6.45, 7) is 0. The molecule has 2 aromatic carbocycles. The Hall–Kier alpha value is -3.88. The predicted octanol–water partition coefficient (Wildman–Crippen LogP) is 8.48. The quantitative estimate of drug-likeness (QED) is 0.138. The van der Waals surface area contributed by atoms with Crippen LogP contribution in [0.15, 0.2) is 67.1 Å². The highest BCUT2D eigenvalue weighted by Crippen LogP contribution is 2.54. The second-order valence-corrected chi connectivity index (χ2v) is 11.8. The molecule has 2 aromatic heterocycles. The van der Waals surface area contributed by atoms with Crippen LogP contribution < -0.4 is 0 Å². The molecule has 2 heterocycles. The van der Waals surface area contributed by atoms with E-state index in [-0.39, 0.29) is 52.1 Å². The predicted molar refractivity (Wildman–Crippen MR) is 157 cm³/mol. The summed E-state index contributed by atoms with van der Waals surface area (Å²) in [5, 5.41) is 12.3. The maximum Gasteiger partial charge on any atom is 0.435 e. The molecule has 47 heavy (non-hydrogen) atoms. The molecule has 1 unspecified atom stereocenters. The Morgan fingerprint density at radius 1 is 0.915 bits per heavy atom. The molecular weight excluding hydrogens is 704 g/mol. The van der Waals surface area contributed by atoms with Crippen LogP contribution in [0.2, 0.25) is 15.2 Å². The van der Waals surface area contributed by atoms with Crippen LogP contribution in [0, 0.1) is 0 Å². The SMILES string of the molecule is O=C(O)C(Cc1ccccc1)N(C(=O)c1cc(-c2cnn(-c3c(Cl)cc(C(F)(C(F)(F)F)C(F)(F)F)cc3Cl)c2)cnc1Cl)C1CC1. The molecule has 1 N–H and O–H groups in total. The van der Waals surface area contributed by atoms with Gasteiger partial charge in [0.25, 0.3) is 5.91 Å². The van der Waals surface area contributed by atoms with E-state index in [4.69, 9.17) is 34.8 Å². The van der Waals surface area contributed by atoms with Crippen molar-refractivity contribution < 1.29 is 45.4 Å². The van der Waals surface area contributed by atoms with Crippen LogP contribution in [0.4, 0.5) is 30.7 Å². The molecule has 1 atom stereocenters. The monoisotopic (exact) mass is 722 g/mol. The van der Waals surface area contributed by atoms with Gasteiger partial charge >= 0.3 is 24.0 Å². The van der Waals surface area contributed by atoms with Gasteiger partial charge in [-0.05, 0) is 36.6 Å². The van der Waals surface area contributed by atoms with Gasteiger partial charge in [-0.3, -0.25) is 4.79 Å². The first kappa shape index (κ1) is 34.5. The summed E-state index contributed by atoms with van der Waals surface area (Å²) in [5.41, 5.74) is -6.96. The van der Waals surface area contributed by atoms with Gasteiger partial charge in [0.1, 0.15) is 16.9 Å². The van der Waals surface area contributed by atoms with Gasteiger partial charge in [-0.15, -0.1) is 0 Å². The van der Waals surface area contributed by atoms with Crippen molar-refractivity contribution in [3.05, 3.63) is 99.0 Å². The zero-order valence-corrected chi connectivity index (χ0v) is 25.7. The molecule has 0 radical (unpaired) electrons. The lowest BCUT2D eigenvalue weighted by Crippen LogP contribution is -2.50. The lowest BCUT2D eigenvalue weighted by Gasteiger charge is -2.30. The van der Waals surface area contributed by atoms with E-state index in [1.54, 1.807) is 30.3 Å². The Kier molecular flexibility index (Phi) is 9.25. The van der Waals surface area contributed by atoms with Crippen molar-refractivity contribution in [3.8, 4) is 16.8 Å². The molecule has 0 spiro atoms. The molecule has 1 aliphatic carbocycles. The van der Waals surface area contributed by atoms with Crippen molar-refractivity contribution in [2.75, 3.05) is 0 Å². The summed E-state index contributed by atoms with van der Waals surface area (Å²) in [6.07, 6.45) is -7.86. The largest absolute Gasteiger partial charge is 0.480 e. The van der Waals surface area contributed by atoms with Crippen LogP contribution in [0.5, 0.6) is 0 Å². The number of amides is 1. The lowest BCUT2D eigenvalue weighted by atomic mass is 9.94. The Morgan fingerprint density at radius 3 is 2.04 bits per heavy atom. The van der Waals surface area contributed by atoms with Crippen LogP contribution in [0.1, 0.15) is 34.3 Å². The average Bonchev–Trinajstić information content (AvgIpc) is 3.71. The van der Waals surface area contributed by atoms with Gasteiger partial charge in [0, 0.05) is 41.5 Å². The molecule has 4 aromatic rings. The highest BCUT2D eigenvalue weighted by atomic mass is 35.5. The number of aromatic nitrogens is 3. The maximum absolute atomic E-state index is 14.6. The van der Waals surface area contributed by atoms with Crippen molar-refractivity contribution in [1.82, 2.24) is 19.7 Å². The first-order valence-corrected chi connectivity index (χ1v) is 14.7. The minimum atomic E-state index is -6.38. The molecule has 1 fully saturated rings. The van der Waals surface area contributed by atoms with Crippen molar-refractivity contribution in [2.24, 2.45) is 0 Å². The van der Waals surface area contributed by atoms with E-state index in [0.717, 1.165) is 4.68 Å². The number of hydrogen-bond donors (Lipinski definition) is 1. The number of pyridine rings is 1. The number of rotatable bonds is 9. The molecule has 5 rings (SSSR count). The molecule has 17 heteroatoms. The number of carbonyl (C=O) groups is 2. The van der Waals surface area contributed by atoms with Crippen molar-refractivity contribution in [2.45, 2.75) is 49.4 Å². The Bertz CT molecular complexity index is 1790. The van der Waals surface area contributed by atoms with Gasteiger partial charge in [0.2, 0.25) is 0 Å². The minimum Gasteiger partial charge on any atom is -0.480 e. The standard InChI is InChI=1S/C30H20Cl3F7N4O3/c31-21-10-18(28(34,29(35,36)37)30(38,39)40)11-22(32)24(21)43-14-17(13-42-43)16-9-20(25(33)41-12-16)26(45)44(19-6-7-19)23(27(46)47)8-15-4-2-1-3-5-15/h1-5,9-14,19,23H,6-8H2,(H,46,47). The number of carbonyl (C=O) groups excluding carboxylic acids is 1. The second kappa shape index (κ2) is 12.6. The third kappa shape index (κ3) is 6.63. The Morgan fingerprint density at radius 2 is 1.51 bits per heavy atom. The number of carboxylic acid groups (broad SMARTS) is 1. The maximum atomic E-state index is 14.6. The topological polar surface area (TPSA) is 88.3 Å². The first-order valence-electron chi connectivity index (χ1n) is 13.6. The van der Waals surface area contributed by atoms with Gasteiger partial charge in [-0.25, -0.2) is 18.9 Å². The van der Waals surface area contributed by atoms with Crippen LogP contribution in [0.25, 0.3) is 16.8 Å². The fraction of sp³-hybridized carbons (Fsp3) is 0.267. The summed E-state index contributed by atoms with van der Waals surface area (Å²) in [5.74, 6) is -1.90. The van der Waals surface area contributed by atoms with E-state index in [2.05, 4.69) is 10.1 Å². The molecular formula is C30H20Cl3F7N4O3. The third-order valence-electron chi connectivity index (χ3n) is 7.48. The molecule has 1 aliphatic rings. The second-order valence-electron chi connectivity index (χ2n) is 10.7. The Balaban J connectivity index is 1.48. The van der Waals surface area contributed by atoms with Crippen molar-refractivity contribution in [3.63, 3.8) is 0 Å². The molecule has 0 bridgehead atoms. The molecule has 7 nitrogen and oxygen atoms in total. The van der Waals surface area contributed by atoms with Crippen LogP contribution in [0.3, 0.4) is 0 Å². The molecule has 0 saturated heterocycles. The van der Waals surface area contributed by atoms with E-state index in [1.807, 2.05) is 0 Å². The summed E-state index contributed by atoms with van der Waals surface area (Å²) in [7, 11) is 0. The Labute approximate surface area is 276 Å². The number of halogens is 10. The number of aliphatic carboxylic acids is 1. The van der Waals surface area contributed by atoms with E-state index < -0.39 is 51.5 Å². The normalized spacial score (nSPS) is 14.6. The minimum absolute atomic E-state index is 0.0334. The number of benzene rings is 2. The van der Waals surface area contributed by atoms with Crippen LogP contribution >= 0.6 is 34.8 Å². The zero-order valence-electron chi connectivity index (χ0n) is 23.5. The van der Waals surface area contributed by atoms with Gasteiger partial charge in [0.05, 0.1) is 21.8 Å². The summed E-state index contributed by atoms with van der Waals surface area (Å²) in [6, 6.07) is 8.84. The molecule has 0 aliphatic heterocycles. The van der Waals surface area contributed by atoms with Crippen molar-refractivity contribution in [1.29, 1.82) is 0 Å². The molecule has 1 amide bonds. The number of nitrogens with zero attached hydrogens (tertiary/aromatic N) is 4. The van der Waals surface area contributed by atoms with E-state index in [9.17, 15) is 45.4 Å². The smallest absolute Gasteiger partial charge is 0.435 e. The van der Waals surface area contributed by atoms with Crippen molar-refractivity contribution >= 4 is 46.7 Å². The van der Waals surface area contributed by atoms with Crippen LogP contribution in [-0.2, 0) is 16.9 Å². The van der Waals surface area contributed by atoms with Gasteiger partial charge in [-0.2, -0.15) is 31.4 Å². The zero-order chi connectivity index (χ0) is 34.5. The highest BCUT2D eigenvalue weighted by Gasteiger charge is 2.73. The summed E-state index contributed by atoms with van der Waals surface area (Å²) >= 11 is 18.4. The van der Waals surface area contributed by atoms with Gasteiger partial charge in [0.15, 0.2) is 0 Å². The summed E-state index contributed by atoms with van der Waals surface area (Å²) in [4.78, 5) is 31.5. The average molecular weight is 724 g/mol. The fourth-order valence-electron chi connectivity index (χ4n) is 5.02. The fourth-order valence-corrected chi connectivity index (χ4v) is 5.86. The lowest BCUT2D eigenvalue weighted by molar-refractivity contribution is -0.348. The number of hydrogen-bond acceptors (Lipinski definition) is 4. The number of alkyl halides is 7. The van der Waals surface area contributed by atoms with E-state index in [1.165, 1.54) is 29.6 Å². The van der Waals surface area contributed by atoms with E-state index >= 15 is 0 Å². The highest BCUT2D eigenvalue weighted by molar-refractivity contribution is 6.38. The number of carboxylic acids is 1. The molecule has 248 valence electrons. The molecule has 1 saturated carbocycles.